The molecular weight excluding hydrogens is 276 g/mol. The van der Waals surface area contributed by atoms with Crippen LogP contribution in [0.1, 0.15) is 32.6 Å². The highest BCUT2D eigenvalue weighted by Gasteiger charge is 2.31. The highest BCUT2D eigenvalue weighted by Crippen LogP contribution is 2.32. The molecule has 0 aliphatic heterocycles. The van der Waals surface area contributed by atoms with Gasteiger partial charge in [0.25, 0.3) is 0 Å². The normalized spacial score (nSPS) is 27.2. The van der Waals surface area contributed by atoms with Crippen LogP contribution in [0.4, 0.5) is 5.69 Å². The summed E-state index contributed by atoms with van der Waals surface area (Å²) in [5, 5.41) is 18.7. The first kappa shape index (κ1) is 15.3. The number of nitrogens with two attached hydrogens (primary N) is 1. The van der Waals surface area contributed by atoms with Crippen LogP contribution in [0.5, 0.6) is 0 Å². The van der Waals surface area contributed by atoms with Crippen LogP contribution < -0.4 is 10.5 Å². The summed E-state index contributed by atoms with van der Waals surface area (Å²) >= 11 is 0. The van der Waals surface area contributed by atoms with Crippen molar-refractivity contribution in [3.63, 3.8) is 0 Å². The monoisotopic (exact) mass is 298 g/mol. The molecule has 0 bridgehead atoms. The lowest BCUT2D eigenvalue weighted by atomic mass is 9.79. The van der Waals surface area contributed by atoms with E-state index in [2.05, 4.69) is 12.2 Å². The lowest BCUT2D eigenvalue weighted by molar-refractivity contribution is 0.00501. The Kier molecular flexibility index (Phi) is 4.36. The van der Waals surface area contributed by atoms with Gasteiger partial charge in [-0.25, -0.2) is 13.6 Å². The molecule has 112 valence electrons. The largest absolute Gasteiger partial charge is 0.388 e. The zero-order valence-electron chi connectivity index (χ0n) is 11.7. The third-order valence-corrected chi connectivity index (χ3v) is 4.94. The highest BCUT2D eigenvalue weighted by atomic mass is 32.2. The summed E-state index contributed by atoms with van der Waals surface area (Å²) in [6.07, 6.45) is 3.69. The van der Waals surface area contributed by atoms with Gasteiger partial charge >= 0.3 is 0 Å². The number of rotatable bonds is 4. The minimum absolute atomic E-state index is 0.0910. The molecular formula is C14H22N2O3S. The Morgan fingerprint density at radius 3 is 2.35 bits per heavy atom. The van der Waals surface area contributed by atoms with Gasteiger partial charge in [0.2, 0.25) is 10.0 Å². The molecule has 0 atom stereocenters. The summed E-state index contributed by atoms with van der Waals surface area (Å²) < 4.78 is 22.3. The summed E-state index contributed by atoms with van der Waals surface area (Å²) in [4.78, 5) is 0.0910. The van der Waals surface area contributed by atoms with Crippen LogP contribution in [0.2, 0.25) is 0 Å². The molecule has 1 aliphatic carbocycles. The number of nitrogens with one attached hydrogen (secondary N) is 1. The van der Waals surface area contributed by atoms with Gasteiger partial charge in [0.1, 0.15) is 0 Å². The third kappa shape index (κ3) is 3.94. The number of hydrogen-bond acceptors (Lipinski definition) is 4. The average molecular weight is 298 g/mol. The SMILES string of the molecule is CC1CCC(O)(CNc2ccc(S(N)(=O)=O)cc2)CC1. The topological polar surface area (TPSA) is 92.4 Å². The van der Waals surface area contributed by atoms with Crippen molar-refractivity contribution in [3.8, 4) is 0 Å². The van der Waals surface area contributed by atoms with Crippen molar-refractivity contribution in [1.29, 1.82) is 0 Å². The molecule has 0 unspecified atom stereocenters. The van der Waals surface area contributed by atoms with Gasteiger partial charge in [-0.3, -0.25) is 0 Å². The molecule has 0 amide bonds. The van der Waals surface area contributed by atoms with E-state index in [-0.39, 0.29) is 4.90 Å². The van der Waals surface area contributed by atoms with Crippen LogP contribution in [0, 0.1) is 5.92 Å². The molecule has 2 rings (SSSR count). The number of benzene rings is 1. The van der Waals surface area contributed by atoms with Gasteiger partial charge in [-0.15, -0.1) is 0 Å². The minimum Gasteiger partial charge on any atom is -0.388 e. The van der Waals surface area contributed by atoms with Crippen LogP contribution in [0.25, 0.3) is 0 Å². The second-order valence-electron chi connectivity index (χ2n) is 5.83. The van der Waals surface area contributed by atoms with Crippen molar-refractivity contribution in [3.05, 3.63) is 24.3 Å². The predicted molar refractivity (Wildman–Crippen MR) is 78.9 cm³/mol. The Bertz CT molecular complexity index is 546. The average Bonchev–Trinajstić information content (AvgIpc) is 2.40. The minimum atomic E-state index is -3.65. The second-order valence-corrected chi connectivity index (χ2v) is 7.39. The van der Waals surface area contributed by atoms with Gasteiger partial charge in [-0.1, -0.05) is 6.92 Å². The van der Waals surface area contributed by atoms with Crippen LogP contribution >= 0.6 is 0 Å². The molecule has 1 saturated carbocycles. The maximum absolute atomic E-state index is 11.1. The van der Waals surface area contributed by atoms with Crippen molar-refractivity contribution in [2.45, 2.75) is 43.1 Å². The lowest BCUT2D eigenvalue weighted by Gasteiger charge is -2.35. The Morgan fingerprint density at radius 1 is 1.30 bits per heavy atom. The fraction of sp³-hybridized carbons (Fsp3) is 0.571. The van der Waals surface area contributed by atoms with Crippen molar-refractivity contribution >= 4 is 15.7 Å². The molecule has 1 fully saturated rings. The molecule has 4 N–H and O–H groups in total. The van der Waals surface area contributed by atoms with Gasteiger partial charge < -0.3 is 10.4 Å². The smallest absolute Gasteiger partial charge is 0.238 e. The van der Waals surface area contributed by atoms with Gasteiger partial charge in [0, 0.05) is 12.2 Å². The van der Waals surface area contributed by atoms with Crippen molar-refractivity contribution < 1.29 is 13.5 Å². The zero-order chi connectivity index (χ0) is 14.8. The quantitative estimate of drug-likeness (QED) is 0.788. The molecule has 0 radical (unpaired) electrons. The summed E-state index contributed by atoms with van der Waals surface area (Å²) in [5.41, 5.74) is 0.120. The van der Waals surface area contributed by atoms with Crippen molar-refractivity contribution in [2.24, 2.45) is 11.1 Å². The van der Waals surface area contributed by atoms with E-state index in [0.717, 1.165) is 31.4 Å². The first-order valence-electron chi connectivity index (χ1n) is 6.88. The Morgan fingerprint density at radius 2 is 1.85 bits per heavy atom. The maximum atomic E-state index is 11.1. The Hall–Kier alpha value is -1.11. The van der Waals surface area contributed by atoms with E-state index in [0.29, 0.717) is 12.5 Å². The summed E-state index contributed by atoms with van der Waals surface area (Å²) in [6, 6.07) is 6.25. The number of aliphatic hydroxyl groups is 1. The van der Waals surface area contributed by atoms with E-state index in [9.17, 15) is 13.5 Å². The third-order valence-electron chi connectivity index (χ3n) is 4.01. The summed E-state index contributed by atoms with van der Waals surface area (Å²) in [6.45, 7) is 2.69. The molecule has 20 heavy (non-hydrogen) atoms. The van der Waals surface area contributed by atoms with E-state index in [1.54, 1.807) is 12.1 Å². The van der Waals surface area contributed by atoms with Crippen molar-refractivity contribution in [1.82, 2.24) is 0 Å². The second kappa shape index (κ2) is 5.71. The number of anilines is 1. The molecule has 1 aliphatic rings. The molecule has 5 nitrogen and oxygen atoms in total. The van der Waals surface area contributed by atoms with E-state index < -0.39 is 15.6 Å². The maximum Gasteiger partial charge on any atom is 0.238 e. The summed E-state index contributed by atoms with van der Waals surface area (Å²) in [5.74, 6) is 0.685. The number of sulfonamides is 1. The fourth-order valence-corrected chi connectivity index (χ4v) is 3.02. The van der Waals surface area contributed by atoms with Crippen LogP contribution in [0.3, 0.4) is 0 Å². The molecule has 0 heterocycles. The van der Waals surface area contributed by atoms with Gasteiger partial charge in [-0.2, -0.15) is 0 Å². The summed E-state index contributed by atoms with van der Waals surface area (Å²) in [7, 11) is -3.65. The fourth-order valence-electron chi connectivity index (χ4n) is 2.51. The zero-order valence-corrected chi connectivity index (χ0v) is 12.5. The number of primary sulfonamides is 1. The first-order chi connectivity index (χ1) is 9.28. The predicted octanol–water partition coefficient (Wildman–Crippen LogP) is 1.69. The van der Waals surface area contributed by atoms with E-state index in [1.807, 2.05) is 0 Å². The van der Waals surface area contributed by atoms with Crippen LogP contribution in [-0.2, 0) is 10.0 Å². The van der Waals surface area contributed by atoms with Gasteiger partial charge in [0.15, 0.2) is 0 Å². The standard InChI is InChI=1S/C14H22N2O3S/c1-11-6-8-14(17,9-7-11)10-16-12-2-4-13(5-3-12)20(15,18)19/h2-5,11,16-17H,6-10H2,1H3,(H2,15,18,19). The molecule has 0 aromatic heterocycles. The number of hydrogen-bond donors (Lipinski definition) is 3. The molecule has 1 aromatic rings. The molecule has 0 saturated heterocycles. The van der Waals surface area contributed by atoms with E-state index in [1.165, 1.54) is 12.1 Å². The van der Waals surface area contributed by atoms with E-state index in [4.69, 9.17) is 5.14 Å². The first-order valence-corrected chi connectivity index (χ1v) is 8.42. The van der Waals surface area contributed by atoms with E-state index >= 15 is 0 Å². The Labute approximate surface area is 120 Å². The lowest BCUT2D eigenvalue weighted by Crippen LogP contribution is -2.40. The Balaban J connectivity index is 1.94. The van der Waals surface area contributed by atoms with Crippen molar-refractivity contribution in [2.75, 3.05) is 11.9 Å². The highest BCUT2D eigenvalue weighted by molar-refractivity contribution is 7.89. The van der Waals surface area contributed by atoms with Crippen LogP contribution in [-0.4, -0.2) is 25.7 Å². The van der Waals surface area contributed by atoms with Gasteiger partial charge in [-0.05, 0) is 55.9 Å². The van der Waals surface area contributed by atoms with Gasteiger partial charge in [0.05, 0.1) is 10.5 Å². The van der Waals surface area contributed by atoms with Crippen LogP contribution in [0.15, 0.2) is 29.2 Å². The molecule has 6 heteroatoms. The molecule has 0 spiro atoms. The molecule has 1 aromatic carbocycles.